The maximum absolute atomic E-state index is 13.0. The van der Waals surface area contributed by atoms with Gasteiger partial charge in [0.25, 0.3) is 5.91 Å². The number of carbonyl (C=O) groups is 1. The minimum atomic E-state index is -0.109. The van der Waals surface area contributed by atoms with E-state index in [0.717, 1.165) is 42.8 Å². The molecule has 0 aliphatic rings. The van der Waals surface area contributed by atoms with Crippen LogP contribution >= 0.6 is 11.3 Å². The Morgan fingerprint density at radius 3 is 2.52 bits per heavy atom. The molecule has 1 aromatic heterocycles. The highest BCUT2D eigenvalue weighted by Gasteiger charge is 2.12. The number of para-hydroxylation sites is 1. The molecule has 0 saturated carbocycles. The summed E-state index contributed by atoms with van der Waals surface area (Å²) in [4.78, 5) is 17.7. The molecule has 5 rings (SSSR count). The predicted octanol–water partition coefficient (Wildman–Crippen LogP) is 6.68. The van der Waals surface area contributed by atoms with Gasteiger partial charge in [-0.1, -0.05) is 54.6 Å². The van der Waals surface area contributed by atoms with E-state index < -0.39 is 0 Å². The van der Waals surface area contributed by atoms with Gasteiger partial charge in [0.15, 0.2) is 0 Å². The normalized spacial score (nSPS) is 11.1. The maximum Gasteiger partial charge on any atom is 0.256 e. The number of hydrogen-bond acceptors (Lipinski definition) is 3. The molecule has 0 radical (unpaired) electrons. The molecule has 1 amide bonds. The van der Waals surface area contributed by atoms with Crippen molar-refractivity contribution in [1.29, 1.82) is 0 Å². The first kappa shape index (κ1) is 17.6. The molecule has 1 N–H and O–H groups in total. The Kier molecular flexibility index (Phi) is 4.34. The molecular weight excluding hydrogens is 376 g/mol. The van der Waals surface area contributed by atoms with Crippen LogP contribution in [-0.4, -0.2) is 10.9 Å². The molecule has 0 atom stereocenters. The van der Waals surface area contributed by atoms with Crippen molar-refractivity contribution in [2.24, 2.45) is 0 Å². The molecule has 4 aromatic carbocycles. The first-order chi connectivity index (χ1) is 14.2. The van der Waals surface area contributed by atoms with Crippen LogP contribution in [-0.2, 0) is 0 Å². The zero-order valence-electron chi connectivity index (χ0n) is 15.8. The quantitative estimate of drug-likeness (QED) is 0.371. The van der Waals surface area contributed by atoms with Crippen molar-refractivity contribution in [3.63, 3.8) is 0 Å². The predicted molar refractivity (Wildman–Crippen MR) is 122 cm³/mol. The summed E-state index contributed by atoms with van der Waals surface area (Å²) in [6.45, 7) is 2.06. The highest BCUT2D eigenvalue weighted by Crippen LogP contribution is 2.31. The van der Waals surface area contributed by atoms with Crippen molar-refractivity contribution in [2.75, 3.05) is 5.32 Å². The van der Waals surface area contributed by atoms with Crippen molar-refractivity contribution in [3.05, 3.63) is 96.1 Å². The van der Waals surface area contributed by atoms with Gasteiger partial charge < -0.3 is 5.32 Å². The first-order valence-corrected chi connectivity index (χ1v) is 10.3. The Balaban J connectivity index is 1.48. The van der Waals surface area contributed by atoms with Gasteiger partial charge in [-0.2, -0.15) is 0 Å². The van der Waals surface area contributed by atoms with E-state index in [1.807, 2.05) is 72.8 Å². The molecule has 0 aliphatic carbocycles. The molecule has 29 heavy (non-hydrogen) atoms. The zero-order valence-corrected chi connectivity index (χ0v) is 16.7. The Bertz CT molecular complexity index is 1340. The van der Waals surface area contributed by atoms with Crippen LogP contribution in [0.15, 0.2) is 84.9 Å². The average molecular weight is 394 g/mol. The summed E-state index contributed by atoms with van der Waals surface area (Å²) < 4.78 is 1.16. The summed E-state index contributed by atoms with van der Waals surface area (Å²) in [6.07, 6.45) is 0. The van der Waals surface area contributed by atoms with E-state index in [1.54, 1.807) is 11.3 Å². The second-order valence-electron chi connectivity index (χ2n) is 7.00. The summed E-state index contributed by atoms with van der Waals surface area (Å²) in [6, 6.07) is 27.9. The molecule has 1 heterocycles. The molecule has 0 bridgehead atoms. The number of aromatic nitrogens is 1. The van der Waals surface area contributed by atoms with E-state index in [4.69, 9.17) is 4.98 Å². The first-order valence-electron chi connectivity index (χ1n) is 9.45. The number of thiazole rings is 1. The molecule has 0 aliphatic heterocycles. The van der Waals surface area contributed by atoms with Gasteiger partial charge in [0.2, 0.25) is 0 Å². The fraction of sp³-hybridized carbons (Fsp3) is 0.0400. The molecule has 140 valence electrons. The molecular formula is C25H18N2OS. The van der Waals surface area contributed by atoms with Crippen molar-refractivity contribution >= 4 is 43.9 Å². The number of benzene rings is 4. The topological polar surface area (TPSA) is 42.0 Å². The van der Waals surface area contributed by atoms with Crippen LogP contribution < -0.4 is 5.32 Å². The lowest BCUT2D eigenvalue weighted by molar-refractivity contribution is 0.102. The Labute approximate surface area is 172 Å². The van der Waals surface area contributed by atoms with Gasteiger partial charge in [-0.3, -0.25) is 4.79 Å². The van der Waals surface area contributed by atoms with Crippen molar-refractivity contribution in [3.8, 4) is 10.6 Å². The van der Waals surface area contributed by atoms with Crippen molar-refractivity contribution in [2.45, 2.75) is 6.92 Å². The Morgan fingerprint density at radius 2 is 1.66 bits per heavy atom. The van der Waals surface area contributed by atoms with E-state index >= 15 is 0 Å². The highest BCUT2D eigenvalue weighted by molar-refractivity contribution is 7.21. The fourth-order valence-corrected chi connectivity index (χ4v) is 4.53. The van der Waals surface area contributed by atoms with Gasteiger partial charge in [-0.15, -0.1) is 11.3 Å². The fourth-order valence-electron chi connectivity index (χ4n) is 3.57. The van der Waals surface area contributed by atoms with E-state index in [1.165, 1.54) is 0 Å². The smallest absolute Gasteiger partial charge is 0.256 e. The zero-order chi connectivity index (χ0) is 19.8. The van der Waals surface area contributed by atoms with Crippen LogP contribution in [0.4, 0.5) is 5.69 Å². The van der Waals surface area contributed by atoms with E-state index in [2.05, 4.69) is 24.4 Å². The minimum absolute atomic E-state index is 0.109. The lowest BCUT2D eigenvalue weighted by Crippen LogP contribution is -2.12. The van der Waals surface area contributed by atoms with Crippen LogP contribution in [0.1, 0.15) is 15.9 Å². The molecule has 5 aromatic rings. The number of amides is 1. The molecule has 0 saturated heterocycles. The summed E-state index contributed by atoms with van der Waals surface area (Å²) in [5.41, 5.74) is 4.59. The maximum atomic E-state index is 13.0. The van der Waals surface area contributed by atoms with E-state index in [9.17, 15) is 4.79 Å². The van der Waals surface area contributed by atoms with Gasteiger partial charge >= 0.3 is 0 Å². The van der Waals surface area contributed by atoms with Crippen molar-refractivity contribution in [1.82, 2.24) is 4.98 Å². The Hall–Kier alpha value is -3.50. The molecule has 4 heteroatoms. The number of nitrogens with one attached hydrogen (secondary N) is 1. The SMILES string of the molecule is Cc1ccc(C(=O)Nc2cccc(-c3nc4ccccc4s3)c2)c2ccccc12. The van der Waals surface area contributed by atoms with Gasteiger partial charge in [-0.25, -0.2) is 4.98 Å². The van der Waals surface area contributed by atoms with Crippen LogP contribution in [0.3, 0.4) is 0 Å². The van der Waals surface area contributed by atoms with Gasteiger partial charge in [-0.05, 0) is 53.6 Å². The summed E-state index contributed by atoms with van der Waals surface area (Å²) in [7, 11) is 0. The molecule has 0 fully saturated rings. The Morgan fingerprint density at radius 1 is 0.862 bits per heavy atom. The minimum Gasteiger partial charge on any atom is -0.322 e. The second kappa shape index (κ2) is 7.15. The van der Waals surface area contributed by atoms with Crippen LogP contribution in [0.2, 0.25) is 0 Å². The van der Waals surface area contributed by atoms with Gasteiger partial charge in [0.1, 0.15) is 5.01 Å². The highest BCUT2D eigenvalue weighted by atomic mass is 32.1. The third-order valence-corrected chi connectivity index (χ3v) is 6.13. The summed E-state index contributed by atoms with van der Waals surface area (Å²) in [5, 5.41) is 6.06. The lowest BCUT2D eigenvalue weighted by Gasteiger charge is -2.10. The number of anilines is 1. The second-order valence-corrected chi connectivity index (χ2v) is 8.03. The van der Waals surface area contributed by atoms with Crippen LogP contribution in [0.5, 0.6) is 0 Å². The van der Waals surface area contributed by atoms with Gasteiger partial charge in [0.05, 0.1) is 10.2 Å². The molecule has 0 spiro atoms. The summed E-state index contributed by atoms with van der Waals surface area (Å²) >= 11 is 1.65. The average Bonchev–Trinajstić information content (AvgIpc) is 3.19. The third kappa shape index (κ3) is 3.28. The summed E-state index contributed by atoms with van der Waals surface area (Å²) in [5.74, 6) is -0.109. The number of nitrogens with zero attached hydrogens (tertiary/aromatic N) is 1. The molecule has 0 unspecified atom stereocenters. The van der Waals surface area contributed by atoms with Crippen LogP contribution in [0, 0.1) is 6.92 Å². The monoisotopic (exact) mass is 394 g/mol. The van der Waals surface area contributed by atoms with E-state index in [0.29, 0.717) is 5.56 Å². The largest absolute Gasteiger partial charge is 0.322 e. The number of carbonyl (C=O) groups excluding carboxylic acids is 1. The van der Waals surface area contributed by atoms with Gasteiger partial charge in [0, 0.05) is 16.8 Å². The van der Waals surface area contributed by atoms with Crippen molar-refractivity contribution < 1.29 is 4.79 Å². The van der Waals surface area contributed by atoms with Crippen LogP contribution in [0.25, 0.3) is 31.6 Å². The lowest BCUT2D eigenvalue weighted by atomic mass is 10.00. The number of fused-ring (bicyclic) bond motifs is 2. The number of aryl methyl sites for hydroxylation is 1. The standard InChI is InChI=1S/C25H18N2OS/c1-16-13-14-21(20-10-3-2-9-19(16)20)24(28)26-18-8-6-7-17(15-18)25-27-22-11-4-5-12-23(22)29-25/h2-15H,1H3,(H,26,28). The number of rotatable bonds is 3. The third-order valence-electron chi connectivity index (χ3n) is 5.05. The van der Waals surface area contributed by atoms with E-state index in [-0.39, 0.29) is 5.91 Å². The molecule has 3 nitrogen and oxygen atoms in total. The number of hydrogen-bond donors (Lipinski definition) is 1.